The van der Waals surface area contributed by atoms with Crippen LogP contribution in [0.3, 0.4) is 0 Å². The number of rotatable bonds is 7. The molecule has 0 fully saturated rings. The van der Waals surface area contributed by atoms with Crippen LogP contribution in [0.5, 0.6) is 0 Å². The zero-order chi connectivity index (χ0) is 19.2. The van der Waals surface area contributed by atoms with Crippen molar-refractivity contribution in [3.05, 3.63) is 53.7 Å². The highest BCUT2D eigenvalue weighted by molar-refractivity contribution is 7.13. The molecule has 2 amide bonds. The number of thiazole rings is 1. The first-order chi connectivity index (χ1) is 13.0. The lowest BCUT2D eigenvalue weighted by Crippen LogP contribution is -2.15. The summed E-state index contributed by atoms with van der Waals surface area (Å²) in [7, 11) is 0. The van der Waals surface area contributed by atoms with Crippen molar-refractivity contribution in [1.82, 2.24) is 4.98 Å². The van der Waals surface area contributed by atoms with Crippen LogP contribution in [0.4, 0.5) is 11.4 Å². The molecule has 3 rings (SSSR count). The highest BCUT2D eigenvalue weighted by Crippen LogP contribution is 2.24. The molecule has 0 saturated heterocycles. The van der Waals surface area contributed by atoms with E-state index in [0.29, 0.717) is 35.2 Å². The van der Waals surface area contributed by atoms with E-state index in [2.05, 4.69) is 15.6 Å². The highest BCUT2D eigenvalue weighted by Gasteiger charge is 2.11. The third-order valence-electron chi connectivity index (χ3n) is 3.67. The number of furan rings is 1. The standard InChI is InChI=1S/C20H21N3O3S/c1-13(2)10-18(24)21-14-5-7-15(8-6-14)22-19(25)11-16-12-27-20(23-16)17-4-3-9-26-17/h3-9,12-13H,10-11H2,1-2H3,(H,21,24)(H,22,25). The van der Waals surface area contributed by atoms with Gasteiger partial charge >= 0.3 is 0 Å². The number of hydrogen-bond acceptors (Lipinski definition) is 5. The molecule has 0 bridgehead atoms. The van der Waals surface area contributed by atoms with Crippen LogP contribution >= 0.6 is 11.3 Å². The largest absolute Gasteiger partial charge is 0.462 e. The molecule has 0 aliphatic rings. The molecular formula is C20H21N3O3S. The first-order valence-corrected chi connectivity index (χ1v) is 9.55. The van der Waals surface area contributed by atoms with E-state index in [4.69, 9.17) is 4.42 Å². The maximum Gasteiger partial charge on any atom is 0.230 e. The van der Waals surface area contributed by atoms with Gasteiger partial charge in [-0.15, -0.1) is 11.3 Å². The van der Waals surface area contributed by atoms with E-state index < -0.39 is 0 Å². The van der Waals surface area contributed by atoms with E-state index >= 15 is 0 Å². The summed E-state index contributed by atoms with van der Waals surface area (Å²) in [6.45, 7) is 4.00. The van der Waals surface area contributed by atoms with Gasteiger partial charge in [-0.25, -0.2) is 4.98 Å². The summed E-state index contributed by atoms with van der Waals surface area (Å²) < 4.78 is 5.31. The van der Waals surface area contributed by atoms with E-state index in [9.17, 15) is 9.59 Å². The molecule has 140 valence electrons. The number of carbonyl (C=O) groups is 2. The molecule has 0 atom stereocenters. The molecule has 2 N–H and O–H groups in total. The predicted molar refractivity (Wildman–Crippen MR) is 107 cm³/mol. The monoisotopic (exact) mass is 383 g/mol. The van der Waals surface area contributed by atoms with Crippen molar-refractivity contribution in [2.75, 3.05) is 10.6 Å². The van der Waals surface area contributed by atoms with Gasteiger partial charge in [0.25, 0.3) is 0 Å². The van der Waals surface area contributed by atoms with Gasteiger partial charge in [-0.05, 0) is 42.3 Å². The first-order valence-electron chi connectivity index (χ1n) is 8.67. The summed E-state index contributed by atoms with van der Waals surface area (Å²) in [4.78, 5) is 28.4. The Balaban J connectivity index is 1.53. The highest BCUT2D eigenvalue weighted by atomic mass is 32.1. The summed E-state index contributed by atoms with van der Waals surface area (Å²) in [6, 6.07) is 10.7. The number of anilines is 2. The van der Waals surface area contributed by atoms with Gasteiger partial charge in [0.05, 0.1) is 18.4 Å². The van der Waals surface area contributed by atoms with Gasteiger partial charge in [-0.2, -0.15) is 0 Å². The van der Waals surface area contributed by atoms with Crippen LogP contribution in [0.1, 0.15) is 26.0 Å². The summed E-state index contributed by atoms with van der Waals surface area (Å²) in [5.74, 6) is 0.838. The lowest BCUT2D eigenvalue weighted by Gasteiger charge is -2.09. The predicted octanol–water partition coefficient (Wildman–Crippen LogP) is 4.57. The van der Waals surface area contributed by atoms with E-state index in [0.717, 1.165) is 5.01 Å². The summed E-state index contributed by atoms with van der Waals surface area (Å²) in [5.41, 5.74) is 2.08. The molecule has 1 aromatic carbocycles. The summed E-state index contributed by atoms with van der Waals surface area (Å²) in [6.07, 6.45) is 2.26. The SMILES string of the molecule is CC(C)CC(=O)Nc1ccc(NC(=O)Cc2csc(-c3ccco3)n2)cc1. The topological polar surface area (TPSA) is 84.2 Å². The Hall–Kier alpha value is -2.93. The molecule has 0 spiro atoms. The fourth-order valence-corrected chi connectivity index (χ4v) is 3.28. The molecular weight excluding hydrogens is 362 g/mol. The zero-order valence-corrected chi connectivity index (χ0v) is 16.0. The van der Waals surface area contributed by atoms with Crippen LogP contribution in [0.15, 0.2) is 52.5 Å². The second-order valence-electron chi connectivity index (χ2n) is 6.57. The van der Waals surface area contributed by atoms with E-state index in [1.807, 2.05) is 25.3 Å². The Morgan fingerprint density at radius 3 is 2.33 bits per heavy atom. The number of amides is 2. The number of hydrogen-bond donors (Lipinski definition) is 2. The molecule has 0 saturated carbocycles. The molecule has 0 radical (unpaired) electrons. The van der Waals surface area contributed by atoms with Gasteiger partial charge in [-0.3, -0.25) is 9.59 Å². The quantitative estimate of drug-likeness (QED) is 0.626. The maximum absolute atomic E-state index is 12.2. The Bertz CT molecular complexity index is 899. The van der Waals surface area contributed by atoms with Gasteiger partial charge in [-0.1, -0.05) is 13.8 Å². The summed E-state index contributed by atoms with van der Waals surface area (Å²) in [5, 5.41) is 8.28. The number of aromatic nitrogens is 1. The molecule has 0 aliphatic heterocycles. The third kappa shape index (κ3) is 5.52. The normalized spacial score (nSPS) is 10.8. The number of nitrogens with one attached hydrogen (secondary N) is 2. The van der Waals surface area contributed by atoms with Crippen molar-refractivity contribution in [2.45, 2.75) is 26.7 Å². The van der Waals surface area contributed by atoms with Crippen molar-refractivity contribution in [3.8, 4) is 10.8 Å². The molecule has 6 nitrogen and oxygen atoms in total. The number of carbonyl (C=O) groups excluding carboxylic acids is 2. The minimum absolute atomic E-state index is 0.0160. The average Bonchev–Trinajstić information content (AvgIpc) is 3.27. The van der Waals surface area contributed by atoms with Gasteiger partial charge < -0.3 is 15.1 Å². The molecule has 2 aromatic heterocycles. The second kappa shape index (κ2) is 8.64. The van der Waals surface area contributed by atoms with Crippen LogP contribution < -0.4 is 10.6 Å². The lowest BCUT2D eigenvalue weighted by atomic mass is 10.1. The minimum Gasteiger partial charge on any atom is -0.462 e. The van der Waals surface area contributed by atoms with Crippen molar-refractivity contribution < 1.29 is 14.0 Å². The number of nitrogens with zero attached hydrogens (tertiary/aromatic N) is 1. The fraction of sp³-hybridized carbons (Fsp3) is 0.250. The molecule has 7 heteroatoms. The van der Waals surface area contributed by atoms with Crippen molar-refractivity contribution in [3.63, 3.8) is 0 Å². The van der Waals surface area contributed by atoms with Crippen LogP contribution in [0.25, 0.3) is 10.8 Å². The Morgan fingerprint density at radius 1 is 1.07 bits per heavy atom. The average molecular weight is 383 g/mol. The molecule has 3 aromatic rings. The van der Waals surface area contributed by atoms with Gasteiger partial charge in [0.1, 0.15) is 0 Å². The molecule has 2 heterocycles. The molecule has 0 unspecified atom stereocenters. The molecule has 27 heavy (non-hydrogen) atoms. The Morgan fingerprint density at radius 2 is 1.74 bits per heavy atom. The van der Waals surface area contributed by atoms with Crippen molar-refractivity contribution in [2.24, 2.45) is 5.92 Å². The zero-order valence-electron chi connectivity index (χ0n) is 15.2. The van der Waals surface area contributed by atoms with Gasteiger partial charge in [0.2, 0.25) is 11.8 Å². The maximum atomic E-state index is 12.2. The van der Waals surface area contributed by atoms with E-state index in [-0.39, 0.29) is 18.2 Å². The van der Waals surface area contributed by atoms with Crippen LogP contribution in [0, 0.1) is 5.92 Å². The summed E-state index contributed by atoms with van der Waals surface area (Å²) >= 11 is 1.44. The third-order valence-corrected chi connectivity index (χ3v) is 4.58. The van der Waals surface area contributed by atoms with Gasteiger partial charge in [0.15, 0.2) is 10.8 Å². The fourth-order valence-electron chi connectivity index (χ4n) is 2.49. The van der Waals surface area contributed by atoms with Crippen molar-refractivity contribution >= 4 is 34.5 Å². The van der Waals surface area contributed by atoms with E-state index in [1.165, 1.54) is 11.3 Å². The molecule has 0 aliphatic carbocycles. The minimum atomic E-state index is -0.150. The Kier molecular flexibility index (Phi) is 6.03. The second-order valence-corrected chi connectivity index (χ2v) is 7.43. The first kappa shape index (κ1) is 18.8. The lowest BCUT2D eigenvalue weighted by molar-refractivity contribution is -0.117. The van der Waals surface area contributed by atoms with Crippen LogP contribution in [-0.4, -0.2) is 16.8 Å². The number of benzene rings is 1. The van der Waals surface area contributed by atoms with Crippen LogP contribution in [-0.2, 0) is 16.0 Å². The van der Waals surface area contributed by atoms with E-state index in [1.54, 1.807) is 36.6 Å². The Labute approximate surface area is 161 Å². The van der Waals surface area contributed by atoms with Gasteiger partial charge in [0, 0.05) is 23.2 Å². The van der Waals surface area contributed by atoms with Crippen LogP contribution in [0.2, 0.25) is 0 Å². The van der Waals surface area contributed by atoms with Crippen molar-refractivity contribution in [1.29, 1.82) is 0 Å². The smallest absolute Gasteiger partial charge is 0.230 e.